The molecule has 2 nitrogen and oxygen atoms in total. The van der Waals surface area contributed by atoms with Crippen molar-refractivity contribution in [1.82, 2.24) is 10.3 Å². The van der Waals surface area contributed by atoms with Crippen LogP contribution in [-0.4, -0.2) is 11.0 Å². The topological polar surface area (TPSA) is 24.9 Å². The largest absolute Gasteiger partial charge is 0.305 e. The van der Waals surface area contributed by atoms with Gasteiger partial charge in [-0.15, -0.1) is 11.3 Å². The second-order valence-corrected chi connectivity index (χ2v) is 6.41. The first-order valence-corrected chi connectivity index (χ1v) is 7.73. The van der Waals surface area contributed by atoms with Crippen LogP contribution < -0.4 is 5.32 Å². The molecule has 1 fully saturated rings. The van der Waals surface area contributed by atoms with E-state index in [0.29, 0.717) is 12.1 Å². The molecule has 0 aliphatic heterocycles. The number of nitrogens with zero attached hydrogens (tertiary/aromatic N) is 1. The van der Waals surface area contributed by atoms with Gasteiger partial charge in [0.15, 0.2) is 0 Å². The van der Waals surface area contributed by atoms with Crippen LogP contribution in [0.1, 0.15) is 62.7 Å². The maximum Gasteiger partial charge on any atom is 0.110 e. The molecule has 1 heterocycles. The molecule has 1 aromatic heterocycles. The molecule has 0 bridgehead atoms. The predicted molar refractivity (Wildman–Crippen MR) is 74.4 cm³/mol. The fourth-order valence-electron chi connectivity index (χ4n) is 2.75. The minimum atomic E-state index is 0.481. The van der Waals surface area contributed by atoms with Gasteiger partial charge in [0.25, 0.3) is 0 Å². The van der Waals surface area contributed by atoms with Crippen molar-refractivity contribution in [3.63, 3.8) is 0 Å². The molecule has 1 aliphatic carbocycles. The zero-order chi connectivity index (χ0) is 12.3. The van der Waals surface area contributed by atoms with Crippen LogP contribution in [0.15, 0.2) is 5.38 Å². The Morgan fingerprint density at radius 1 is 1.29 bits per heavy atom. The van der Waals surface area contributed by atoms with Gasteiger partial charge in [0.2, 0.25) is 0 Å². The highest BCUT2D eigenvalue weighted by Gasteiger charge is 2.27. The van der Waals surface area contributed by atoms with Crippen molar-refractivity contribution in [2.75, 3.05) is 0 Å². The normalized spacial score (nSPS) is 19.8. The van der Waals surface area contributed by atoms with Crippen LogP contribution in [0.5, 0.6) is 0 Å². The number of thiazole rings is 1. The SMILES string of the molecule is Cc1csc(C(NC(C)C)C2CCCCC2)n1. The smallest absolute Gasteiger partial charge is 0.110 e. The average Bonchev–Trinajstić information content (AvgIpc) is 2.73. The highest BCUT2D eigenvalue weighted by atomic mass is 32.1. The highest BCUT2D eigenvalue weighted by molar-refractivity contribution is 7.09. The molecule has 1 aliphatic rings. The summed E-state index contributed by atoms with van der Waals surface area (Å²) < 4.78 is 0. The summed E-state index contributed by atoms with van der Waals surface area (Å²) in [7, 11) is 0. The van der Waals surface area contributed by atoms with Gasteiger partial charge in [-0.05, 0) is 25.7 Å². The van der Waals surface area contributed by atoms with E-state index in [1.54, 1.807) is 0 Å². The molecule has 96 valence electrons. The van der Waals surface area contributed by atoms with Crippen LogP contribution in [0, 0.1) is 12.8 Å². The zero-order valence-electron chi connectivity index (χ0n) is 11.2. The van der Waals surface area contributed by atoms with Crippen LogP contribution in [-0.2, 0) is 0 Å². The molecule has 0 spiro atoms. The maximum absolute atomic E-state index is 4.70. The van der Waals surface area contributed by atoms with Gasteiger partial charge in [-0.1, -0.05) is 33.1 Å². The summed E-state index contributed by atoms with van der Waals surface area (Å²) >= 11 is 1.82. The molecule has 17 heavy (non-hydrogen) atoms. The standard InChI is InChI=1S/C14H24N2S/c1-10(2)15-13(12-7-5-4-6-8-12)14-16-11(3)9-17-14/h9-10,12-13,15H,4-8H2,1-3H3. The first-order chi connectivity index (χ1) is 8.16. The summed E-state index contributed by atoms with van der Waals surface area (Å²) in [5.74, 6) is 0.789. The molecular weight excluding hydrogens is 228 g/mol. The molecule has 2 rings (SSSR count). The molecule has 1 N–H and O–H groups in total. The van der Waals surface area contributed by atoms with E-state index in [1.165, 1.54) is 37.1 Å². The summed E-state index contributed by atoms with van der Waals surface area (Å²) in [5, 5.41) is 7.20. The van der Waals surface area contributed by atoms with Gasteiger partial charge in [-0.3, -0.25) is 0 Å². The number of aromatic nitrogens is 1. The second kappa shape index (κ2) is 5.96. The van der Waals surface area contributed by atoms with E-state index in [9.17, 15) is 0 Å². The first-order valence-electron chi connectivity index (χ1n) is 6.85. The molecule has 1 aromatic rings. The molecule has 3 heteroatoms. The third kappa shape index (κ3) is 3.52. The molecule has 1 atom stereocenters. The number of hydrogen-bond donors (Lipinski definition) is 1. The maximum atomic E-state index is 4.70. The highest BCUT2D eigenvalue weighted by Crippen LogP contribution is 2.35. The summed E-state index contributed by atoms with van der Waals surface area (Å²) in [6, 6.07) is 1.01. The van der Waals surface area contributed by atoms with Crippen molar-refractivity contribution in [3.05, 3.63) is 16.1 Å². The second-order valence-electron chi connectivity index (χ2n) is 5.52. The van der Waals surface area contributed by atoms with Crippen LogP contribution in [0.2, 0.25) is 0 Å². The molecular formula is C14H24N2S. The minimum Gasteiger partial charge on any atom is -0.305 e. The minimum absolute atomic E-state index is 0.481. The van der Waals surface area contributed by atoms with Gasteiger partial charge >= 0.3 is 0 Å². The predicted octanol–water partition coefficient (Wildman–Crippen LogP) is 4.07. The first kappa shape index (κ1) is 13.0. The van der Waals surface area contributed by atoms with Crippen LogP contribution in [0.25, 0.3) is 0 Å². The summed E-state index contributed by atoms with van der Waals surface area (Å²) in [5.41, 5.74) is 1.16. The summed E-state index contributed by atoms with van der Waals surface area (Å²) in [6.45, 7) is 6.56. The van der Waals surface area contributed by atoms with E-state index < -0.39 is 0 Å². The third-order valence-electron chi connectivity index (χ3n) is 3.54. The Labute approximate surface area is 109 Å². The van der Waals surface area contributed by atoms with Crippen LogP contribution in [0.4, 0.5) is 0 Å². The Bertz CT molecular complexity index is 340. The van der Waals surface area contributed by atoms with E-state index in [-0.39, 0.29) is 0 Å². The fraction of sp³-hybridized carbons (Fsp3) is 0.786. The van der Waals surface area contributed by atoms with Crippen molar-refractivity contribution in [2.45, 2.75) is 65.0 Å². The lowest BCUT2D eigenvalue weighted by Gasteiger charge is -2.31. The Kier molecular flexibility index (Phi) is 4.57. The average molecular weight is 252 g/mol. The Morgan fingerprint density at radius 2 is 2.00 bits per heavy atom. The van der Waals surface area contributed by atoms with E-state index in [0.717, 1.165) is 11.6 Å². The molecule has 0 amide bonds. The van der Waals surface area contributed by atoms with Crippen molar-refractivity contribution in [1.29, 1.82) is 0 Å². The lowest BCUT2D eigenvalue weighted by Crippen LogP contribution is -2.34. The lowest BCUT2D eigenvalue weighted by molar-refractivity contribution is 0.260. The zero-order valence-corrected chi connectivity index (χ0v) is 12.0. The number of hydrogen-bond acceptors (Lipinski definition) is 3. The van der Waals surface area contributed by atoms with E-state index in [4.69, 9.17) is 4.98 Å². The molecule has 0 radical (unpaired) electrons. The Balaban J connectivity index is 2.11. The molecule has 0 aromatic carbocycles. The molecule has 1 saturated carbocycles. The van der Waals surface area contributed by atoms with E-state index in [1.807, 2.05) is 11.3 Å². The van der Waals surface area contributed by atoms with Crippen molar-refractivity contribution in [2.24, 2.45) is 5.92 Å². The number of rotatable bonds is 4. The van der Waals surface area contributed by atoms with Crippen molar-refractivity contribution in [3.8, 4) is 0 Å². The van der Waals surface area contributed by atoms with Gasteiger partial charge in [-0.25, -0.2) is 4.98 Å². The van der Waals surface area contributed by atoms with E-state index >= 15 is 0 Å². The molecule has 0 saturated heterocycles. The monoisotopic (exact) mass is 252 g/mol. The van der Waals surface area contributed by atoms with Gasteiger partial charge in [0.1, 0.15) is 5.01 Å². The number of nitrogens with one attached hydrogen (secondary N) is 1. The third-order valence-corrected chi connectivity index (χ3v) is 4.58. The van der Waals surface area contributed by atoms with Gasteiger partial charge in [-0.2, -0.15) is 0 Å². The summed E-state index contributed by atoms with van der Waals surface area (Å²) in [6.07, 6.45) is 6.93. The fourth-order valence-corrected chi connectivity index (χ4v) is 3.70. The summed E-state index contributed by atoms with van der Waals surface area (Å²) in [4.78, 5) is 4.70. The van der Waals surface area contributed by atoms with Gasteiger partial charge in [0.05, 0.1) is 6.04 Å². The van der Waals surface area contributed by atoms with E-state index in [2.05, 4.69) is 31.5 Å². The van der Waals surface area contributed by atoms with Crippen LogP contribution in [0.3, 0.4) is 0 Å². The van der Waals surface area contributed by atoms with Gasteiger partial charge < -0.3 is 5.32 Å². The lowest BCUT2D eigenvalue weighted by atomic mass is 9.84. The van der Waals surface area contributed by atoms with Crippen LogP contribution >= 0.6 is 11.3 Å². The quantitative estimate of drug-likeness (QED) is 0.873. The molecule has 1 unspecified atom stereocenters. The Morgan fingerprint density at radius 3 is 2.53 bits per heavy atom. The van der Waals surface area contributed by atoms with Crippen molar-refractivity contribution < 1.29 is 0 Å². The Hall–Kier alpha value is -0.410. The van der Waals surface area contributed by atoms with Gasteiger partial charge in [0, 0.05) is 17.1 Å². The number of aryl methyl sites for hydroxylation is 1. The van der Waals surface area contributed by atoms with Crippen molar-refractivity contribution >= 4 is 11.3 Å².